The van der Waals surface area contributed by atoms with E-state index in [1.807, 2.05) is 0 Å². The van der Waals surface area contributed by atoms with E-state index < -0.39 is 0 Å². The van der Waals surface area contributed by atoms with Crippen LogP contribution < -0.4 is 0 Å². The van der Waals surface area contributed by atoms with Crippen LogP contribution in [0.1, 0.15) is 227 Å². The molecule has 0 unspecified atom stereocenters. The van der Waals surface area contributed by atoms with Gasteiger partial charge < -0.3 is 19.1 Å². The third kappa shape index (κ3) is 36.6. The van der Waals surface area contributed by atoms with Crippen LogP contribution in [-0.4, -0.2) is 56.6 Å². The molecule has 0 bridgehead atoms. The number of carbonyl (C=O) groups excluding carboxylic acids is 1. The second-order valence-corrected chi connectivity index (χ2v) is 14.6. The van der Waals surface area contributed by atoms with Crippen LogP contribution in [0.4, 0.5) is 0 Å². The van der Waals surface area contributed by atoms with E-state index in [-0.39, 0.29) is 12.3 Å². The molecule has 0 spiro atoms. The number of esters is 1. The topological polar surface area (TPSA) is 48.0 Å². The van der Waals surface area contributed by atoms with E-state index in [1.165, 1.54) is 161 Å². The molecule has 0 amide bonds. The van der Waals surface area contributed by atoms with Gasteiger partial charge in [-0.3, -0.25) is 4.79 Å². The Morgan fingerprint density at radius 2 is 0.812 bits per heavy atom. The van der Waals surface area contributed by atoms with Gasteiger partial charge >= 0.3 is 5.97 Å². The number of ether oxygens (including phenoxy) is 3. The van der Waals surface area contributed by atoms with E-state index in [1.54, 1.807) is 0 Å². The van der Waals surface area contributed by atoms with Gasteiger partial charge in [0.2, 0.25) is 0 Å². The lowest BCUT2D eigenvalue weighted by Gasteiger charge is -2.20. The van der Waals surface area contributed by atoms with Crippen molar-refractivity contribution >= 4 is 5.97 Å². The quantitative estimate of drug-likeness (QED) is 0.0365. The van der Waals surface area contributed by atoms with Gasteiger partial charge in [0.1, 0.15) is 0 Å². The molecule has 0 rings (SSSR count). The number of carbonyl (C=O) groups is 1. The summed E-state index contributed by atoms with van der Waals surface area (Å²) in [6.07, 6.45) is 38.6. The first kappa shape index (κ1) is 47.4. The molecule has 5 heteroatoms. The Morgan fingerprint density at radius 1 is 0.438 bits per heavy atom. The number of nitrogens with zero attached hydrogens (tertiary/aromatic N) is 1. The lowest BCUT2D eigenvalue weighted by molar-refractivity contribution is -0.148. The minimum absolute atomic E-state index is 0.00294. The molecule has 0 atom stereocenters. The first-order valence-electron chi connectivity index (χ1n) is 21.8. The largest absolute Gasteiger partial charge is 0.466 e. The van der Waals surface area contributed by atoms with Crippen LogP contribution in [0.15, 0.2) is 0 Å². The fourth-order valence-electron chi connectivity index (χ4n) is 6.47. The van der Waals surface area contributed by atoms with E-state index in [9.17, 15) is 4.79 Å². The second kappa shape index (κ2) is 40.8. The van der Waals surface area contributed by atoms with Crippen molar-refractivity contribution in [1.82, 2.24) is 4.90 Å². The fraction of sp³-hybridized carbons (Fsp3) is 0.977. The van der Waals surface area contributed by atoms with Gasteiger partial charge in [-0.1, -0.05) is 169 Å². The summed E-state index contributed by atoms with van der Waals surface area (Å²) in [7, 11) is 0. The molecule has 0 N–H and O–H groups in total. The van der Waals surface area contributed by atoms with Crippen molar-refractivity contribution in [2.45, 2.75) is 233 Å². The zero-order chi connectivity index (χ0) is 35.0. The van der Waals surface area contributed by atoms with Crippen LogP contribution in [0.25, 0.3) is 0 Å². The van der Waals surface area contributed by atoms with Crippen LogP contribution in [0.3, 0.4) is 0 Å². The van der Waals surface area contributed by atoms with E-state index in [0.717, 1.165) is 64.8 Å². The number of hydrogen-bond acceptors (Lipinski definition) is 5. The summed E-state index contributed by atoms with van der Waals surface area (Å²) in [6, 6.07) is 0. The van der Waals surface area contributed by atoms with Crippen molar-refractivity contribution in [3.63, 3.8) is 0 Å². The van der Waals surface area contributed by atoms with E-state index in [2.05, 4.69) is 32.6 Å². The summed E-state index contributed by atoms with van der Waals surface area (Å²) in [6.45, 7) is 14.7. The lowest BCUT2D eigenvalue weighted by Crippen LogP contribution is -2.25. The van der Waals surface area contributed by atoms with Crippen molar-refractivity contribution in [1.29, 1.82) is 0 Å². The van der Waals surface area contributed by atoms with Crippen LogP contribution in [0, 0.1) is 0 Å². The van der Waals surface area contributed by atoms with Gasteiger partial charge in [-0.05, 0) is 71.0 Å². The van der Waals surface area contributed by atoms with E-state index in [4.69, 9.17) is 14.2 Å². The minimum atomic E-state index is -0.0103. The molecule has 0 radical (unpaired) electrons. The maximum absolute atomic E-state index is 12.1. The van der Waals surface area contributed by atoms with Crippen molar-refractivity contribution in [2.24, 2.45) is 0 Å². The van der Waals surface area contributed by atoms with Crippen molar-refractivity contribution < 1.29 is 19.0 Å². The molecule has 0 aromatic rings. The van der Waals surface area contributed by atoms with Gasteiger partial charge in [0.05, 0.1) is 6.61 Å². The number of rotatable bonds is 41. The van der Waals surface area contributed by atoms with E-state index in [0.29, 0.717) is 13.0 Å². The molecule has 0 heterocycles. The third-order valence-electron chi connectivity index (χ3n) is 9.83. The molecule has 288 valence electrons. The number of unbranched alkanes of at least 4 members (excludes halogenated alkanes) is 24. The Labute approximate surface area is 301 Å². The Hall–Kier alpha value is -0.650. The van der Waals surface area contributed by atoms with Crippen LogP contribution in [-0.2, 0) is 19.0 Å². The molecule has 0 aliphatic carbocycles. The lowest BCUT2D eigenvalue weighted by atomic mass is 10.1. The van der Waals surface area contributed by atoms with Crippen LogP contribution >= 0.6 is 0 Å². The summed E-state index contributed by atoms with van der Waals surface area (Å²) >= 11 is 0. The highest BCUT2D eigenvalue weighted by Crippen LogP contribution is 2.15. The minimum Gasteiger partial charge on any atom is -0.466 e. The maximum Gasteiger partial charge on any atom is 0.305 e. The molecular formula is C43H87NO4. The smallest absolute Gasteiger partial charge is 0.305 e. The van der Waals surface area contributed by atoms with Crippen molar-refractivity contribution in [3.05, 3.63) is 0 Å². The predicted octanol–water partition coefficient (Wildman–Crippen LogP) is 13.4. The maximum atomic E-state index is 12.1. The Balaban J connectivity index is 3.86. The second-order valence-electron chi connectivity index (χ2n) is 14.6. The monoisotopic (exact) mass is 682 g/mol. The Morgan fingerprint density at radius 3 is 1.27 bits per heavy atom. The molecule has 0 aliphatic rings. The fourth-order valence-corrected chi connectivity index (χ4v) is 6.47. The average molecular weight is 682 g/mol. The highest BCUT2D eigenvalue weighted by molar-refractivity contribution is 5.69. The SMILES string of the molecule is CCCCCCCCCCCCOC(=O)CCCCN(CC)CCCCCCCC(OCCCCCCCC)OCCCCCCCC. The van der Waals surface area contributed by atoms with Crippen molar-refractivity contribution in [3.8, 4) is 0 Å². The summed E-state index contributed by atoms with van der Waals surface area (Å²) in [5.41, 5.74) is 0. The van der Waals surface area contributed by atoms with Crippen LogP contribution in [0.5, 0.6) is 0 Å². The van der Waals surface area contributed by atoms with Gasteiger partial charge in [-0.25, -0.2) is 0 Å². The van der Waals surface area contributed by atoms with Crippen molar-refractivity contribution in [2.75, 3.05) is 39.5 Å². The molecule has 0 aromatic carbocycles. The molecule has 5 nitrogen and oxygen atoms in total. The highest BCUT2D eigenvalue weighted by Gasteiger charge is 2.10. The first-order chi connectivity index (χ1) is 23.7. The van der Waals surface area contributed by atoms with Crippen LogP contribution in [0.2, 0.25) is 0 Å². The summed E-state index contributed by atoms with van der Waals surface area (Å²) in [5, 5.41) is 0. The third-order valence-corrected chi connectivity index (χ3v) is 9.83. The molecule has 48 heavy (non-hydrogen) atoms. The molecule has 0 saturated carbocycles. The number of hydrogen-bond donors (Lipinski definition) is 0. The summed E-state index contributed by atoms with van der Waals surface area (Å²) in [4.78, 5) is 14.7. The first-order valence-corrected chi connectivity index (χ1v) is 21.8. The van der Waals surface area contributed by atoms with Gasteiger partial charge in [0.25, 0.3) is 0 Å². The zero-order valence-electron chi connectivity index (χ0n) is 33.3. The highest BCUT2D eigenvalue weighted by atomic mass is 16.7. The van der Waals surface area contributed by atoms with Gasteiger partial charge in [0.15, 0.2) is 6.29 Å². The van der Waals surface area contributed by atoms with Gasteiger partial charge in [-0.2, -0.15) is 0 Å². The molecule has 0 aliphatic heterocycles. The average Bonchev–Trinajstić information content (AvgIpc) is 3.09. The normalized spacial score (nSPS) is 11.7. The van der Waals surface area contributed by atoms with Gasteiger partial charge in [0, 0.05) is 19.6 Å². The summed E-state index contributed by atoms with van der Waals surface area (Å²) in [5.74, 6) is -0.00294. The Kier molecular flexibility index (Phi) is 40.2. The summed E-state index contributed by atoms with van der Waals surface area (Å²) < 4.78 is 17.9. The predicted molar refractivity (Wildman–Crippen MR) is 209 cm³/mol. The van der Waals surface area contributed by atoms with E-state index >= 15 is 0 Å². The molecule has 0 saturated heterocycles. The molecular weight excluding hydrogens is 594 g/mol. The van der Waals surface area contributed by atoms with Gasteiger partial charge in [-0.15, -0.1) is 0 Å². The standard InChI is InChI=1S/C43H87NO4/c1-5-9-12-15-18-19-20-21-27-32-39-46-42(45)35-29-31-38-44(8-4)37-30-24-22-23-28-36-43(47-40-33-25-16-13-10-6-2)48-41-34-26-17-14-11-7-3/h43H,5-41H2,1-4H3. The zero-order valence-corrected chi connectivity index (χ0v) is 33.3. The molecule has 0 aromatic heterocycles. The molecule has 0 fully saturated rings. The Bertz CT molecular complexity index is 598.